The summed E-state index contributed by atoms with van der Waals surface area (Å²) in [7, 11) is 1.85. The van der Waals surface area contributed by atoms with Gasteiger partial charge in [0.15, 0.2) is 0 Å². The summed E-state index contributed by atoms with van der Waals surface area (Å²) in [5.41, 5.74) is 1.20. The SMILES string of the molecule is CN=C(SC(C)(C)C)c1ccccc1. The van der Waals surface area contributed by atoms with Crippen molar-refractivity contribution in [1.29, 1.82) is 0 Å². The van der Waals surface area contributed by atoms with Gasteiger partial charge in [-0.25, -0.2) is 0 Å². The molecule has 0 aromatic heterocycles. The molecule has 0 fully saturated rings. The first-order valence-electron chi connectivity index (χ1n) is 4.74. The predicted molar refractivity (Wildman–Crippen MR) is 66.2 cm³/mol. The van der Waals surface area contributed by atoms with Crippen LogP contribution in [-0.4, -0.2) is 16.8 Å². The van der Waals surface area contributed by atoms with E-state index in [9.17, 15) is 0 Å². The molecule has 14 heavy (non-hydrogen) atoms. The predicted octanol–water partition coefficient (Wildman–Crippen LogP) is 3.59. The highest BCUT2D eigenvalue weighted by molar-refractivity contribution is 8.15. The number of hydrogen-bond donors (Lipinski definition) is 0. The van der Waals surface area contributed by atoms with Gasteiger partial charge < -0.3 is 0 Å². The molecule has 1 aromatic carbocycles. The van der Waals surface area contributed by atoms with Crippen LogP contribution in [-0.2, 0) is 0 Å². The van der Waals surface area contributed by atoms with Crippen molar-refractivity contribution in [3.05, 3.63) is 35.9 Å². The lowest BCUT2D eigenvalue weighted by Gasteiger charge is -2.18. The Morgan fingerprint density at radius 1 is 1.14 bits per heavy atom. The summed E-state index contributed by atoms with van der Waals surface area (Å²) >= 11 is 1.80. The number of aliphatic imine (C=N–C) groups is 1. The second-order valence-corrected chi connectivity index (χ2v) is 5.92. The molecule has 2 heteroatoms. The van der Waals surface area contributed by atoms with Gasteiger partial charge in [0.1, 0.15) is 0 Å². The van der Waals surface area contributed by atoms with E-state index in [2.05, 4.69) is 37.9 Å². The third-order valence-corrected chi connectivity index (χ3v) is 2.85. The van der Waals surface area contributed by atoms with Gasteiger partial charge in [-0.15, -0.1) is 11.8 Å². The molecule has 0 heterocycles. The first kappa shape index (κ1) is 11.3. The van der Waals surface area contributed by atoms with Crippen molar-refractivity contribution < 1.29 is 0 Å². The van der Waals surface area contributed by atoms with Crippen molar-refractivity contribution in [1.82, 2.24) is 0 Å². The first-order chi connectivity index (χ1) is 6.53. The standard InChI is InChI=1S/C12H17NS/c1-12(2,3)14-11(13-4)10-8-6-5-7-9-10/h5-9H,1-4H3. The van der Waals surface area contributed by atoms with E-state index in [-0.39, 0.29) is 4.75 Å². The minimum absolute atomic E-state index is 0.213. The Kier molecular flexibility index (Phi) is 3.76. The fourth-order valence-electron chi connectivity index (χ4n) is 1.10. The van der Waals surface area contributed by atoms with E-state index >= 15 is 0 Å². The van der Waals surface area contributed by atoms with E-state index in [0.29, 0.717) is 0 Å². The van der Waals surface area contributed by atoms with Crippen LogP contribution in [0, 0.1) is 0 Å². The van der Waals surface area contributed by atoms with Crippen molar-refractivity contribution >= 4 is 16.8 Å². The molecule has 0 aliphatic heterocycles. The Balaban J connectivity index is 2.85. The number of nitrogens with zero attached hydrogens (tertiary/aromatic N) is 1. The fraction of sp³-hybridized carbons (Fsp3) is 0.417. The molecular formula is C12H17NS. The van der Waals surface area contributed by atoms with Gasteiger partial charge in [0.2, 0.25) is 0 Å². The van der Waals surface area contributed by atoms with Crippen LogP contribution in [0.3, 0.4) is 0 Å². The van der Waals surface area contributed by atoms with Crippen molar-refractivity contribution in [3.63, 3.8) is 0 Å². The average Bonchev–Trinajstić information content (AvgIpc) is 2.14. The summed E-state index contributed by atoms with van der Waals surface area (Å²) in [6.07, 6.45) is 0. The Labute approximate surface area is 90.6 Å². The zero-order valence-corrected chi connectivity index (χ0v) is 10.1. The molecule has 0 saturated carbocycles. The van der Waals surface area contributed by atoms with Crippen molar-refractivity contribution in [2.45, 2.75) is 25.5 Å². The molecule has 0 unspecified atom stereocenters. The number of thioether (sulfide) groups is 1. The quantitative estimate of drug-likeness (QED) is 0.506. The zero-order valence-electron chi connectivity index (χ0n) is 9.24. The Bertz CT molecular complexity index is 309. The second kappa shape index (κ2) is 4.65. The molecule has 0 bridgehead atoms. The number of hydrogen-bond acceptors (Lipinski definition) is 2. The maximum absolute atomic E-state index is 4.32. The van der Waals surface area contributed by atoms with Crippen LogP contribution in [0.15, 0.2) is 35.3 Å². The lowest BCUT2D eigenvalue weighted by atomic mass is 10.2. The van der Waals surface area contributed by atoms with Crippen molar-refractivity contribution in [2.24, 2.45) is 4.99 Å². The van der Waals surface area contributed by atoms with Crippen molar-refractivity contribution in [2.75, 3.05) is 7.05 Å². The first-order valence-corrected chi connectivity index (χ1v) is 5.56. The zero-order chi connectivity index (χ0) is 10.6. The van der Waals surface area contributed by atoms with Crippen LogP contribution >= 0.6 is 11.8 Å². The third kappa shape index (κ3) is 3.54. The lowest BCUT2D eigenvalue weighted by Crippen LogP contribution is -2.12. The van der Waals surface area contributed by atoms with Gasteiger partial charge in [-0.2, -0.15) is 0 Å². The normalized spacial score (nSPS) is 13.0. The van der Waals surface area contributed by atoms with Gasteiger partial charge in [-0.05, 0) is 0 Å². The van der Waals surface area contributed by atoms with Gasteiger partial charge in [0.25, 0.3) is 0 Å². The fourth-order valence-corrected chi connectivity index (χ4v) is 2.03. The van der Waals surface area contributed by atoms with Crippen LogP contribution in [0.5, 0.6) is 0 Å². The minimum Gasteiger partial charge on any atom is -0.281 e. The lowest BCUT2D eigenvalue weighted by molar-refractivity contribution is 0.809. The third-order valence-electron chi connectivity index (χ3n) is 1.63. The molecule has 76 valence electrons. The van der Waals surface area contributed by atoms with Gasteiger partial charge in [0.05, 0.1) is 5.04 Å². The highest BCUT2D eigenvalue weighted by atomic mass is 32.2. The molecule has 1 nitrogen and oxygen atoms in total. The summed E-state index contributed by atoms with van der Waals surface area (Å²) in [4.78, 5) is 4.32. The number of benzene rings is 1. The molecule has 0 aliphatic rings. The maximum atomic E-state index is 4.32. The van der Waals surface area contributed by atoms with Gasteiger partial charge >= 0.3 is 0 Å². The highest BCUT2D eigenvalue weighted by Gasteiger charge is 2.15. The molecule has 0 radical (unpaired) electrons. The van der Waals surface area contributed by atoms with Crippen LogP contribution in [0.4, 0.5) is 0 Å². The summed E-state index contributed by atoms with van der Waals surface area (Å²) in [5, 5.41) is 1.11. The van der Waals surface area contributed by atoms with E-state index in [4.69, 9.17) is 0 Å². The molecule has 0 aliphatic carbocycles. The summed E-state index contributed by atoms with van der Waals surface area (Å²) in [6, 6.07) is 10.3. The molecule has 1 aromatic rings. The smallest absolute Gasteiger partial charge is 0.0978 e. The Hall–Kier alpha value is -0.760. The van der Waals surface area contributed by atoms with Crippen LogP contribution in [0.1, 0.15) is 26.3 Å². The molecular weight excluding hydrogens is 190 g/mol. The van der Waals surface area contributed by atoms with Crippen LogP contribution in [0.25, 0.3) is 0 Å². The van der Waals surface area contributed by atoms with Gasteiger partial charge in [-0.3, -0.25) is 4.99 Å². The van der Waals surface area contributed by atoms with Crippen molar-refractivity contribution in [3.8, 4) is 0 Å². The number of rotatable bonds is 1. The molecule has 0 amide bonds. The van der Waals surface area contributed by atoms with E-state index < -0.39 is 0 Å². The highest BCUT2D eigenvalue weighted by Crippen LogP contribution is 2.27. The summed E-state index contributed by atoms with van der Waals surface area (Å²) < 4.78 is 0.213. The van der Waals surface area contributed by atoms with Crippen LogP contribution < -0.4 is 0 Å². The van der Waals surface area contributed by atoms with E-state index in [1.165, 1.54) is 5.56 Å². The van der Waals surface area contributed by atoms with E-state index in [0.717, 1.165) is 5.04 Å². The second-order valence-electron chi connectivity index (χ2n) is 4.11. The van der Waals surface area contributed by atoms with Gasteiger partial charge in [-0.1, -0.05) is 51.1 Å². The van der Waals surface area contributed by atoms with E-state index in [1.54, 1.807) is 11.8 Å². The Morgan fingerprint density at radius 2 is 1.71 bits per heavy atom. The van der Waals surface area contributed by atoms with E-state index in [1.807, 2.05) is 25.2 Å². The summed E-state index contributed by atoms with van der Waals surface area (Å²) in [5.74, 6) is 0. The largest absolute Gasteiger partial charge is 0.281 e. The average molecular weight is 207 g/mol. The molecule has 1 rings (SSSR count). The maximum Gasteiger partial charge on any atom is 0.0978 e. The summed E-state index contributed by atoms with van der Waals surface area (Å²) in [6.45, 7) is 6.60. The molecule has 0 atom stereocenters. The van der Waals surface area contributed by atoms with Crippen LogP contribution in [0.2, 0.25) is 0 Å². The van der Waals surface area contributed by atoms with Gasteiger partial charge in [0, 0.05) is 17.4 Å². The minimum atomic E-state index is 0.213. The molecule has 0 N–H and O–H groups in total. The molecule has 0 spiro atoms. The topological polar surface area (TPSA) is 12.4 Å². The monoisotopic (exact) mass is 207 g/mol. The molecule has 0 saturated heterocycles. The Morgan fingerprint density at radius 3 is 2.14 bits per heavy atom.